The van der Waals surface area contributed by atoms with Crippen LogP contribution < -0.4 is 0 Å². The van der Waals surface area contributed by atoms with Crippen molar-refractivity contribution in [2.24, 2.45) is 34.5 Å². The van der Waals surface area contributed by atoms with Crippen LogP contribution in [-0.4, -0.2) is 24.1 Å². The maximum absolute atomic E-state index is 12.8. The van der Waals surface area contributed by atoms with E-state index in [0.717, 1.165) is 32.1 Å². The zero-order valence-electron chi connectivity index (χ0n) is 23.6. The van der Waals surface area contributed by atoms with Gasteiger partial charge in [-0.2, -0.15) is 0 Å². The molecule has 0 radical (unpaired) electrons. The Balaban J connectivity index is 1.14. The second-order valence-corrected chi connectivity index (χ2v) is 13.1. The molecule has 39 heavy (non-hydrogen) atoms. The molecule has 4 aliphatic rings. The fraction of sp³-hybridized carbons (Fsp3) is 0.543. The largest absolute Gasteiger partial charge is 0.459 e. The Kier molecular flexibility index (Phi) is 6.93. The number of carbonyl (C=O) groups excluding carboxylic acids is 2. The SMILES string of the molecule is C[C@@H](OC(=O)c1ccccc1)[C@H]1CC[C@H]2[C@@H]3CC=C4C[C@@H](OC(=O)c5ccccc5)CC[C@]4(C)[C@H]3CC[C@]12C. The summed E-state index contributed by atoms with van der Waals surface area (Å²) in [5.41, 5.74) is 3.19. The van der Waals surface area contributed by atoms with E-state index in [1.54, 1.807) is 0 Å². The molecule has 4 aliphatic carbocycles. The summed E-state index contributed by atoms with van der Waals surface area (Å²) in [6, 6.07) is 18.7. The minimum Gasteiger partial charge on any atom is -0.459 e. The summed E-state index contributed by atoms with van der Waals surface area (Å²) in [5.74, 6) is 2.03. The number of esters is 2. The Hall–Kier alpha value is -2.88. The Morgan fingerprint density at radius 1 is 0.821 bits per heavy atom. The predicted octanol–water partition coefficient (Wildman–Crippen LogP) is 8.04. The average molecular weight is 527 g/mol. The lowest BCUT2D eigenvalue weighted by atomic mass is 9.47. The number of allylic oxidation sites excluding steroid dienone is 1. The normalized spacial score (nSPS) is 36.0. The Morgan fingerprint density at radius 3 is 2.18 bits per heavy atom. The molecule has 0 heterocycles. The molecule has 0 aromatic heterocycles. The van der Waals surface area contributed by atoms with Crippen molar-refractivity contribution < 1.29 is 19.1 Å². The monoisotopic (exact) mass is 526 g/mol. The summed E-state index contributed by atoms with van der Waals surface area (Å²) in [6.07, 6.45) is 11.2. The lowest BCUT2D eigenvalue weighted by Gasteiger charge is -2.58. The first kappa shape index (κ1) is 26.3. The summed E-state index contributed by atoms with van der Waals surface area (Å²) >= 11 is 0. The third kappa shape index (κ3) is 4.64. The lowest BCUT2D eigenvalue weighted by molar-refractivity contribution is -0.0727. The van der Waals surface area contributed by atoms with Crippen molar-refractivity contribution in [3.05, 3.63) is 83.4 Å². The van der Waals surface area contributed by atoms with Crippen LogP contribution in [0.3, 0.4) is 0 Å². The van der Waals surface area contributed by atoms with Gasteiger partial charge in [0.25, 0.3) is 0 Å². The van der Waals surface area contributed by atoms with E-state index in [0.29, 0.717) is 34.8 Å². The zero-order valence-corrected chi connectivity index (χ0v) is 23.6. The molecule has 0 unspecified atom stereocenters. The maximum Gasteiger partial charge on any atom is 0.338 e. The average Bonchev–Trinajstić information content (AvgIpc) is 3.31. The molecule has 4 nitrogen and oxygen atoms in total. The summed E-state index contributed by atoms with van der Waals surface area (Å²) in [7, 11) is 0. The van der Waals surface area contributed by atoms with Crippen molar-refractivity contribution in [3.63, 3.8) is 0 Å². The van der Waals surface area contributed by atoms with Crippen LogP contribution >= 0.6 is 0 Å². The molecule has 0 bridgehead atoms. The summed E-state index contributed by atoms with van der Waals surface area (Å²) in [5, 5.41) is 0. The minimum absolute atomic E-state index is 0.0292. The molecule has 0 N–H and O–H groups in total. The molecule has 6 rings (SSSR count). The molecule has 0 aliphatic heterocycles. The molecule has 3 saturated carbocycles. The summed E-state index contributed by atoms with van der Waals surface area (Å²) in [4.78, 5) is 25.5. The number of hydrogen-bond donors (Lipinski definition) is 0. The highest BCUT2D eigenvalue weighted by Gasteiger charge is 2.59. The predicted molar refractivity (Wildman–Crippen MR) is 152 cm³/mol. The van der Waals surface area contributed by atoms with E-state index in [9.17, 15) is 9.59 Å². The van der Waals surface area contributed by atoms with Crippen molar-refractivity contribution in [2.45, 2.75) is 84.3 Å². The van der Waals surface area contributed by atoms with Crippen molar-refractivity contribution in [1.82, 2.24) is 0 Å². The highest BCUT2D eigenvalue weighted by molar-refractivity contribution is 5.89. The van der Waals surface area contributed by atoms with Gasteiger partial charge in [0, 0.05) is 12.3 Å². The molecule has 0 amide bonds. The smallest absolute Gasteiger partial charge is 0.338 e. The van der Waals surface area contributed by atoms with Gasteiger partial charge in [-0.25, -0.2) is 9.59 Å². The van der Waals surface area contributed by atoms with Gasteiger partial charge in [-0.05, 0) is 105 Å². The highest BCUT2D eigenvalue weighted by atomic mass is 16.5. The van der Waals surface area contributed by atoms with Crippen molar-refractivity contribution >= 4 is 11.9 Å². The van der Waals surface area contributed by atoms with Crippen LogP contribution in [0.2, 0.25) is 0 Å². The quantitative estimate of drug-likeness (QED) is 0.292. The fourth-order valence-electron chi connectivity index (χ4n) is 9.23. The lowest BCUT2D eigenvalue weighted by Crippen LogP contribution is -2.51. The number of benzene rings is 2. The highest BCUT2D eigenvalue weighted by Crippen LogP contribution is 2.66. The number of fused-ring (bicyclic) bond motifs is 5. The van der Waals surface area contributed by atoms with Crippen LogP contribution in [0, 0.1) is 34.5 Å². The van der Waals surface area contributed by atoms with Crippen molar-refractivity contribution in [1.29, 1.82) is 0 Å². The molecular weight excluding hydrogens is 484 g/mol. The van der Waals surface area contributed by atoms with E-state index in [1.807, 2.05) is 60.7 Å². The third-order valence-electron chi connectivity index (χ3n) is 11.3. The Bertz CT molecular complexity index is 1240. The Morgan fingerprint density at radius 2 is 1.49 bits per heavy atom. The first-order valence-corrected chi connectivity index (χ1v) is 15.0. The van der Waals surface area contributed by atoms with Gasteiger partial charge in [-0.1, -0.05) is 61.9 Å². The van der Waals surface area contributed by atoms with E-state index < -0.39 is 0 Å². The van der Waals surface area contributed by atoms with Gasteiger partial charge in [-0.3, -0.25) is 0 Å². The topological polar surface area (TPSA) is 52.6 Å². The number of rotatable bonds is 5. The fourth-order valence-corrected chi connectivity index (χ4v) is 9.23. The van der Waals surface area contributed by atoms with Gasteiger partial charge < -0.3 is 9.47 Å². The molecular formula is C35H42O4. The summed E-state index contributed by atoms with van der Waals surface area (Å²) < 4.78 is 12.0. The van der Waals surface area contributed by atoms with Gasteiger partial charge in [0.05, 0.1) is 11.1 Å². The van der Waals surface area contributed by atoms with Crippen LogP contribution in [0.4, 0.5) is 0 Å². The number of ether oxygens (including phenoxy) is 2. The van der Waals surface area contributed by atoms with Gasteiger partial charge >= 0.3 is 11.9 Å². The first-order chi connectivity index (χ1) is 18.8. The van der Waals surface area contributed by atoms with Crippen LogP contribution in [0.15, 0.2) is 72.3 Å². The first-order valence-electron chi connectivity index (χ1n) is 15.0. The minimum atomic E-state index is -0.203. The van der Waals surface area contributed by atoms with E-state index >= 15 is 0 Å². The molecule has 3 fully saturated rings. The van der Waals surface area contributed by atoms with Gasteiger partial charge in [0.2, 0.25) is 0 Å². The maximum atomic E-state index is 12.8. The molecule has 0 spiro atoms. The number of hydrogen-bond acceptors (Lipinski definition) is 4. The molecule has 4 heteroatoms. The van der Waals surface area contributed by atoms with E-state index in [4.69, 9.17) is 9.47 Å². The van der Waals surface area contributed by atoms with E-state index in [1.165, 1.54) is 24.8 Å². The molecule has 0 saturated heterocycles. The van der Waals surface area contributed by atoms with E-state index in [-0.39, 0.29) is 35.0 Å². The molecule has 2 aromatic rings. The van der Waals surface area contributed by atoms with Gasteiger partial charge in [0.1, 0.15) is 12.2 Å². The van der Waals surface area contributed by atoms with Crippen LogP contribution in [0.25, 0.3) is 0 Å². The molecule has 2 aromatic carbocycles. The Labute approximate surface area is 233 Å². The third-order valence-corrected chi connectivity index (χ3v) is 11.3. The van der Waals surface area contributed by atoms with Crippen LogP contribution in [0.5, 0.6) is 0 Å². The molecule has 206 valence electrons. The zero-order chi connectivity index (χ0) is 27.2. The van der Waals surface area contributed by atoms with E-state index in [2.05, 4.69) is 26.8 Å². The molecule has 8 atom stereocenters. The van der Waals surface area contributed by atoms with Crippen molar-refractivity contribution in [2.75, 3.05) is 0 Å². The summed E-state index contributed by atoms with van der Waals surface area (Å²) in [6.45, 7) is 7.09. The second kappa shape index (κ2) is 10.3. The van der Waals surface area contributed by atoms with Crippen molar-refractivity contribution in [3.8, 4) is 0 Å². The second-order valence-electron chi connectivity index (χ2n) is 13.1. The van der Waals surface area contributed by atoms with Crippen LogP contribution in [-0.2, 0) is 9.47 Å². The van der Waals surface area contributed by atoms with Crippen LogP contribution in [0.1, 0.15) is 92.9 Å². The standard InChI is InChI=1S/C35H42O4/c1-23(38-32(36)24-10-6-4-7-11-24)29-16-17-30-28-15-14-26-22-27(39-33(37)25-12-8-5-9-13-25)18-20-34(26,2)31(28)19-21-35(29,30)3/h4-14,23,27-31H,15-22H2,1-3H3/t23-,27+,28+,29-,30+,31+,34+,35-/m1/s1. The number of carbonyl (C=O) groups is 2. The van der Waals surface area contributed by atoms with Gasteiger partial charge in [0.15, 0.2) is 0 Å². The van der Waals surface area contributed by atoms with Gasteiger partial charge in [-0.15, -0.1) is 0 Å².